The van der Waals surface area contributed by atoms with E-state index in [1.807, 2.05) is 31.3 Å². The fourth-order valence-corrected chi connectivity index (χ4v) is 3.00. The second-order valence-corrected chi connectivity index (χ2v) is 5.90. The van der Waals surface area contributed by atoms with Crippen molar-refractivity contribution in [2.45, 2.75) is 32.2 Å². The van der Waals surface area contributed by atoms with Gasteiger partial charge < -0.3 is 10.4 Å². The molecule has 120 valence electrons. The standard InChI is InChI=1S/C17H19N3O3/c1-11-9-10-20(19-11)13-7-5-12(6-8-13)16(21)18-15-4-2-3-14(15)17(22)23/h5-10,14-15H,2-4H2,1H3,(H,18,21)(H,22,23)/t14-,15+/m0/s1. The lowest BCUT2D eigenvalue weighted by Gasteiger charge is -2.17. The van der Waals surface area contributed by atoms with E-state index in [1.165, 1.54) is 0 Å². The molecule has 1 aromatic carbocycles. The van der Waals surface area contributed by atoms with Gasteiger partial charge in [-0.1, -0.05) is 6.42 Å². The van der Waals surface area contributed by atoms with Gasteiger partial charge in [0.15, 0.2) is 0 Å². The summed E-state index contributed by atoms with van der Waals surface area (Å²) in [4.78, 5) is 23.5. The van der Waals surface area contributed by atoms with Gasteiger partial charge in [0.1, 0.15) is 0 Å². The van der Waals surface area contributed by atoms with Crippen LogP contribution in [0.15, 0.2) is 36.5 Å². The zero-order valence-electron chi connectivity index (χ0n) is 12.9. The zero-order valence-corrected chi connectivity index (χ0v) is 12.9. The molecule has 2 atom stereocenters. The summed E-state index contributed by atoms with van der Waals surface area (Å²) in [7, 11) is 0. The number of aromatic nitrogens is 2. The molecular weight excluding hydrogens is 294 g/mol. The summed E-state index contributed by atoms with van der Waals surface area (Å²) in [5, 5.41) is 16.3. The van der Waals surface area contributed by atoms with Gasteiger partial charge in [-0.3, -0.25) is 9.59 Å². The lowest BCUT2D eigenvalue weighted by Crippen LogP contribution is -2.40. The lowest BCUT2D eigenvalue weighted by molar-refractivity contribution is -0.142. The van der Waals surface area contributed by atoms with E-state index in [0.717, 1.165) is 17.8 Å². The molecule has 0 saturated heterocycles. The van der Waals surface area contributed by atoms with Crippen molar-refractivity contribution < 1.29 is 14.7 Å². The number of amides is 1. The summed E-state index contributed by atoms with van der Waals surface area (Å²) >= 11 is 0. The molecule has 1 aromatic heterocycles. The molecule has 0 unspecified atom stereocenters. The van der Waals surface area contributed by atoms with Crippen molar-refractivity contribution in [2.75, 3.05) is 0 Å². The number of nitrogens with one attached hydrogen (secondary N) is 1. The summed E-state index contributed by atoms with van der Waals surface area (Å²) in [6.45, 7) is 1.92. The monoisotopic (exact) mass is 313 g/mol. The number of aryl methyl sites for hydroxylation is 1. The summed E-state index contributed by atoms with van der Waals surface area (Å²) in [6.07, 6.45) is 4.03. The highest BCUT2D eigenvalue weighted by molar-refractivity contribution is 5.94. The minimum atomic E-state index is -0.836. The Labute approximate surface area is 134 Å². The quantitative estimate of drug-likeness (QED) is 0.906. The third-order valence-corrected chi connectivity index (χ3v) is 4.27. The number of nitrogens with zero attached hydrogens (tertiary/aromatic N) is 2. The number of carboxylic acids is 1. The van der Waals surface area contributed by atoms with Crippen molar-refractivity contribution in [3.63, 3.8) is 0 Å². The fraction of sp³-hybridized carbons (Fsp3) is 0.353. The first-order valence-electron chi connectivity index (χ1n) is 7.71. The van der Waals surface area contributed by atoms with Crippen molar-refractivity contribution in [1.82, 2.24) is 15.1 Å². The van der Waals surface area contributed by atoms with E-state index in [9.17, 15) is 14.7 Å². The molecule has 1 amide bonds. The van der Waals surface area contributed by atoms with E-state index < -0.39 is 11.9 Å². The van der Waals surface area contributed by atoms with Crippen molar-refractivity contribution in [1.29, 1.82) is 0 Å². The molecule has 2 aromatic rings. The highest BCUT2D eigenvalue weighted by Crippen LogP contribution is 2.26. The van der Waals surface area contributed by atoms with Crippen LogP contribution < -0.4 is 5.32 Å². The van der Waals surface area contributed by atoms with Crippen LogP contribution in [0.3, 0.4) is 0 Å². The Hall–Kier alpha value is -2.63. The molecule has 3 rings (SSSR count). The predicted molar refractivity (Wildman–Crippen MR) is 84.5 cm³/mol. The molecule has 2 N–H and O–H groups in total. The summed E-state index contributed by atoms with van der Waals surface area (Å²) in [5.74, 6) is -1.55. The van der Waals surface area contributed by atoms with Crippen LogP contribution in [0.2, 0.25) is 0 Å². The second-order valence-electron chi connectivity index (χ2n) is 5.90. The largest absolute Gasteiger partial charge is 0.481 e. The maximum absolute atomic E-state index is 12.3. The van der Waals surface area contributed by atoms with Crippen LogP contribution in [-0.4, -0.2) is 32.8 Å². The molecule has 23 heavy (non-hydrogen) atoms. The van der Waals surface area contributed by atoms with Crippen LogP contribution in [0, 0.1) is 12.8 Å². The van der Waals surface area contributed by atoms with Gasteiger partial charge in [0.2, 0.25) is 0 Å². The highest BCUT2D eigenvalue weighted by Gasteiger charge is 2.33. The van der Waals surface area contributed by atoms with Crippen molar-refractivity contribution in [3.05, 3.63) is 47.8 Å². The third-order valence-electron chi connectivity index (χ3n) is 4.27. The number of carboxylic acid groups (broad SMARTS) is 1. The van der Waals surface area contributed by atoms with Gasteiger partial charge in [0.25, 0.3) is 5.91 Å². The number of hydrogen-bond donors (Lipinski definition) is 2. The van der Waals surface area contributed by atoms with E-state index >= 15 is 0 Å². The number of rotatable bonds is 4. The topological polar surface area (TPSA) is 84.2 Å². The molecule has 0 radical (unpaired) electrons. The highest BCUT2D eigenvalue weighted by atomic mass is 16.4. The Morgan fingerprint density at radius 1 is 1.22 bits per heavy atom. The third kappa shape index (κ3) is 3.26. The Kier molecular flexibility index (Phi) is 4.14. The Balaban J connectivity index is 1.69. The maximum Gasteiger partial charge on any atom is 0.308 e. The van der Waals surface area contributed by atoms with E-state index in [-0.39, 0.29) is 11.9 Å². The van der Waals surface area contributed by atoms with Gasteiger partial charge >= 0.3 is 5.97 Å². The summed E-state index contributed by atoms with van der Waals surface area (Å²) < 4.78 is 1.74. The second kappa shape index (κ2) is 6.24. The number of carbonyl (C=O) groups is 2. The van der Waals surface area contributed by atoms with E-state index in [4.69, 9.17) is 0 Å². The summed E-state index contributed by atoms with van der Waals surface area (Å²) in [6, 6.07) is 8.73. The molecule has 1 aliphatic rings. The maximum atomic E-state index is 12.3. The molecule has 6 nitrogen and oxygen atoms in total. The van der Waals surface area contributed by atoms with Gasteiger partial charge in [-0.25, -0.2) is 4.68 Å². The van der Waals surface area contributed by atoms with Gasteiger partial charge in [-0.2, -0.15) is 5.10 Å². The van der Waals surface area contributed by atoms with Gasteiger partial charge in [0, 0.05) is 17.8 Å². The molecule has 1 fully saturated rings. The van der Waals surface area contributed by atoms with Crippen molar-refractivity contribution in [3.8, 4) is 5.69 Å². The van der Waals surface area contributed by atoms with Crippen LogP contribution in [0.5, 0.6) is 0 Å². The first-order chi connectivity index (χ1) is 11.0. The number of hydrogen-bond acceptors (Lipinski definition) is 3. The average Bonchev–Trinajstić information content (AvgIpc) is 3.16. The molecule has 1 saturated carbocycles. The molecule has 1 aliphatic carbocycles. The normalized spacial score (nSPS) is 20.4. The van der Waals surface area contributed by atoms with Crippen LogP contribution >= 0.6 is 0 Å². The molecular formula is C17H19N3O3. The van der Waals surface area contributed by atoms with Crippen molar-refractivity contribution in [2.24, 2.45) is 5.92 Å². The molecule has 1 heterocycles. The SMILES string of the molecule is Cc1ccn(-c2ccc(C(=O)N[C@@H]3CCC[C@@H]3C(=O)O)cc2)n1. The first kappa shape index (κ1) is 15.3. The Morgan fingerprint density at radius 2 is 1.96 bits per heavy atom. The zero-order chi connectivity index (χ0) is 16.4. The molecule has 6 heteroatoms. The van der Waals surface area contributed by atoms with Crippen molar-refractivity contribution >= 4 is 11.9 Å². The summed E-state index contributed by atoms with van der Waals surface area (Å²) in [5.41, 5.74) is 2.32. The number of benzene rings is 1. The average molecular weight is 313 g/mol. The lowest BCUT2D eigenvalue weighted by atomic mass is 10.0. The number of aliphatic carboxylic acids is 1. The minimum absolute atomic E-state index is 0.230. The molecule has 0 aliphatic heterocycles. The number of carbonyl (C=O) groups excluding carboxylic acids is 1. The van der Waals surface area contributed by atoms with E-state index in [0.29, 0.717) is 18.4 Å². The Morgan fingerprint density at radius 3 is 2.57 bits per heavy atom. The molecule has 0 bridgehead atoms. The first-order valence-corrected chi connectivity index (χ1v) is 7.71. The fourth-order valence-electron chi connectivity index (χ4n) is 3.00. The van der Waals surface area contributed by atoms with Gasteiger partial charge in [0.05, 0.1) is 17.3 Å². The van der Waals surface area contributed by atoms with Crippen LogP contribution in [-0.2, 0) is 4.79 Å². The van der Waals surface area contributed by atoms with Gasteiger partial charge in [-0.15, -0.1) is 0 Å². The van der Waals surface area contributed by atoms with Crippen LogP contribution in [0.25, 0.3) is 5.69 Å². The molecule has 0 spiro atoms. The van der Waals surface area contributed by atoms with Gasteiger partial charge in [-0.05, 0) is 50.1 Å². The Bertz CT molecular complexity index is 721. The van der Waals surface area contributed by atoms with Crippen LogP contribution in [0.1, 0.15) is 35.3 Å². The predicted octanol–water partition coefficient (Wildman–Crippen LogP) is 2.16. The van der Waals surface area contributed by atoms with E-state index in [2.05, 4.69) is 10.4 Å². The van der Waals surface area contributed by atoms with E-state index in [1.54, 1.807) is 16.8 Å². The van der Waals surface area contributed by atoms with Crippen LogP contribution in [0.4, 0.5) is 0 Å². The smallest absolute Gasteiger partial charge is 0.308 e. The minimum Gasteiger partial charge on any atom is -0.481 e.